The van der Waals surface area contributed by atoms with E-state index in [2.05, 4.69) is 0 Å². The lowest BCUT2D eigenvalue weighted by Gasteiger charge is -2.24. The summed E-state index contributed by atoms with van der Waals surface area (Å²) in [6.07, 6.45) is 2.44. The van der Waals surface area contributed by atoms with Crippen LogP contribution >= 0.6 is 0 Å². The lowest BCUT2D eigenvalue weighted by Crippen LogP contribution is -2.35. The third-order valence-electron chi connectivity index (χ3n) is 2.02. The van der Waals surface area contributed by atoms with E-state index >= 15 is 0 Å². The Bertz CT molecular complexity index is 115. The highest BCUT2D eigenvalue weighted by atomic mass is 16.5. The normalized spacial score (nSPS) is 34.8. The van der Waals surface area contributed by atoms with E-state index in [1.54, 1.807) is 13.8 Å². The number of ether oxygens (including phenoxy) is 1. The number of rotatable bonds is 1. The summed E-state index contributed by atoms with van der Waals surface area (Å²) in [7, 11) is 0. The molecule has 60 valence electrons. The van der Waals surface area contributed by atoms with E-state index < -0.39 is 5.60 Å². The first-order chi connectivity index (χ1) is 4.50. The molecule has 0 unspecified atom stereocenters. The zero-order valence-electron chi connectivity index (χ0n) is 6.92. The topological polar surface area (TPSA) is 29.5 Å². The van der Waals surface area contributed by atoms with Crippen molar-refractivity contribution in [2.45, 2.75) is 51.4 Å². The molecule has 0 aliphatic carbocycles. The van der Waals surface area contributed by atoms with Crippen molar-refractivity contribution in [3.8, 4) is 0 Å². The minimum Gasteiger partial charge on any atom is -0.388 e. The lowest BCUT2D eigenvalue weighted by molar-refractivity contribution is -0.0786. The van der Waals surface area contributed by atoms with E-state index in [0.29, 0.717) is 6.10 Å². The second-order valence-corrected chi connectivity index (χ2v) is 3.67. The Labute approximate surface area is 62.2 Å². The van der Waals surface area contributed by atoms with Gasteiger partial charge in [-0.2, -0.15) is 0 Å². The molecule has 0 bridgehead atoms. The SMILES string of the molecule is C[C@H]1CC[C@H](C(C)(C)O)O1. The number of hydrogen-bond acceptors (Lipinski definition) is 2. The monoisotopic (exact) mass is 144 g/mol. The Morgan fingerprint density at radius 2 is 2.00 bits per heavy atom. The van der Waals surface area contributed by atoms with E-state index in [-0.39, 0.29) is 6.10 Å². The van der Waals surface area contributed by atoms with Gasteiger partial charge in [0, 0.05) is 0 Å². The zero-order valence-corrected chi connectivity index (χ0v) is 6.92. The van der Waals surface area contributed by atoms with Crippen molar-refractivity contribution in [2.75, 3.05) is 0 Å². The molecule has 1 saturated heterocycles. The Kier molecular flexibility index (Phi) is 2.02. The number of hydrogen-bond donors (Lipinski definition) is 1. The van der Waals surface area contributed by atoms with Gasteiger partial charge in [-0.25, -0.2) is 0 Å². The van der Waals surface area contributed by atoms with E-state index in [9.17, 15) is 5.11 Å². The predicted octanol–water partition coefficient (Wildman–Crippen LogP) is 1.32. The molecule has 0 saturated carbocycles. The average molecular weight is 144 g/mol. The second kappa shape index (κ2) is 2.51. The summed E-state index contributed by atoms with van der Waals surface area (Å²) in [6.45, 7) is 5.65. The molecule has 0 aromatic heterocycles. The Morgan fingerprint density at radius 3 is 2.20 bits per heavy atom. The molecule has 10 heavy (non-hydrogen) atoms. The summed E-state index contributed by atoms with van der Waals surface area (Å²) in [4.78, 5) is 0. The van der Waals surface area contributed by atoms with Crippen LogP contribution in [0.1, 0.15) is 33.6 Å². The molecule has 2 heteroatoms. The van der Waals surface area contributed by atoms with Crippen LogP contribution in [0.5, 0.6) is 0 Å². The smallest absolute Gasteiger partial charge is 0.0861 e. The summed E-state index contributed by atoms with van der Waals surface area (Å²) in [6, 6.07) is 0. The van der Waals surface area contributed by atoms with Gasteiger partial charge in [0.05, 0.1) is 17.8 Å². The van der Waals surface area contributed by atoms with E-state index in [0.717, 1.165) is 12.8 Å². The van der Waals surface area contributed by atoms with Crippen LogP contribution in [0.25, 0.3) is 0 Å². The van der Waals surface area contributed by atoms with Crippen molar-refractivity contribution in [1.82, 2.24) is 0 Å². The standard InChI is InChI=1S/C8H16O2/c1-6-4-5-7(10-6)8(2,3)9/h6-7,9H,4-5H2,1-3H3/t6-,7+/m0/s1. The molecular formula is C8H16O2. The molecule has 0 amide bonds. The summed E-state index contributed by atoms with van der Waals surface area (Å²) < 4.78 is 5.48. The van der Waals surface area contributed by atoms with Gasteiger partial charge in [-0.1, -0.05) is 0 Å². The predicted molar refractivity (Wildman–Crippen MR) is 39.9 cm³/mol. The molecule has 1 aliphatic rings. The fourth-order valence-corrected chi connectivity index (χ4v) is 1.32. The van der Waals surface area contributed by atoms with Crippen LogP contribution in [0.4, 0.5) is 0 Å². The van der Waals surface area contributed by atoms with Crippen LogP contribution < -0.4 is 0 Å². The highest BCUT2D eigenvalue weighted by Crippen LogP contribution is 2.27. The molecule has 2 nitrogen and oxygen atoms in total. The molecule has 1 N–H and O–H groups in total. The minimum absolute atomic E-state index is 0.0440. The highest BCUT2D eigenvalue weighted by Gasteiger charge is 2.33. The maximum Gasteiger partial charge on any atom is 0.0861 e. The highest BCUT2D eigenvalue weighted by molar-refractivity contribution is 4.83. The largest absolute Gasteiger partial charge is 0.388 e. The van der Waals surface area contributed by atoms with Gasteiger partial charge in [-0.3, -0.25) is 0 Å². The third kappa shape index (κ3) is 1.70. The molecular weight excluding hydrogens is 128 g/mol. The molecule has 0 spiro atoms. The maximum atomic E-state index is 9.51. The van der Waals surface area contributed by atoms with Crippen molar-refractivity contribution in [3.63, 3.8) is 0 Å². The molecule has 1 aliphatic heterocycles. The zero-order chi connectivity index (χ0) is 7.78. The van der Waals surface area contributed by atoms with E-state index in [1.807, 2.05) is 6.92 Å². The van der Waals surface area contributed by atoms with Crippen molar-refractivity contribution >= 4 is 0 Å². The Morgan fingerprint density at radius 1 is 1.40 bits per heavy atom. The molecule has 0 aromatic carbocycles. The lowest BCUT2D eigenvalue weighted by atomic mass is 9.99. The molecule has 2 atom stereocenters. The summed E-state index contributed by atoms with van der Waals surface area (Å²) in [5.74, 6) is 0. The second-order valence-electron chi connectivity index (χ2n) is 3.67. The molecule has 0 radical (unpaired) electrons. The van der Waals surface area contributed by atoms with E-state index in [4.69, 9.17) is 4.74 Å². The van der Waals surface area contributed by atoms with Crippen LogP contribution in [0.15, 0.2) is 0 Å². The van der Waals surface area contributed by atoms with Crippen molar-refractivity contribution in [1.29, 1.82) is 0 Å². The number of aliphatic hydroxyl groups is 1. The van der Waals surface area contributed by atoms with Crippen molar-refractivity contribution in [2.24, 2.45) is 0 Å². The van der Waals surface area contributed by atoms with Crippen molar-refractivity contribution < 1.29 is 9.84 Å². The van der Waals surface area contributed by atoms with Gasteiger partial charge in [-0.05, 0) is 33.6 Å². The fraction of sp³-hybridized carbons (Fsp3) is 1.00. The minimum atomic E-state index is -0.662. The van der Waals surface area contributed by atoms with Gasteiger partial charge < -0.3 is 9.84 Å². The summed E-state index contributed by atoms with van der Waals surface area (Å²) >= 11 is 0. The van der Waals surface area contributed by atoms with Crippen LogP contribution in [0, 0.1) is 0 Å². The van der Waals surface area contributed by atoms with Gasteiger partial charge in [0.15, 0.2) is 0 Å². The van der Waals surface area contributed by atoms with Gasteiger partial charge in [-0.15, -0.1) is 0 Å². The van der Waals surface area contributed by atoms with Gasteiger partial charge in [0.1, 0.15) is 0 Å². The maximum absolute atomic E-state index is 9.51. The van der Waals surface area contributed by atoms with Gasteiger partial charge in [0.2, 0.25) is 0 Å². The third-order valence-corrected chi connectivity index (χ3v) is 2.02. The molecule has 1 rings (SSSR count). The molecule has 0 aromatic rings. The molecule has 1 fully saturated rings. The first-order valence-electron chi connectivity index (χ1n) is 3.88. The fourth-order valence-electron chi connectivity index (χ4n) is 1.32. The summed E-state index contributed by atoms with van der Waals surface area (Å²) in [5, 5.41) is 9.51. The van der Waals surface area contributed by atoms with Gasteiger partial charge >= 0.3 is 0 Å². The molecule has 1 heterocycles. The Balaban J connectivity index is 2.45. The van der Waals surface area contributed by atoms with Crippen LogP contribution in [0.2, 0.25) is 0 Å². The van der Waals surface area contributed by atoms with Crippen LogP contribution in [-0.4, -0.2) is 22.9 Å². The quantitative estimate of drug-likeness (QED) is 0.601. The van der Waals surface area contributed by atoms with Gasteiger partial charge in [0.25, 0.3) is 0 Å². The van der Waals surface area contributed by atoms with E-state index in [1.165, 1.54) is 0 Å². The first-order valence-corrected chi connectivity index (χ1v) is 3.88. The first kappa shape index (κ1) is 8.02. The van der Waals surface area contributed by atoms with Crippen LogP contribution in [0.3, 0.4) is 0 Å². The average Bonchev–Trinajstić information content (AvgIpc) is 2.11. The van der Waals surface area contributed by atoms with Crippen molar-refractivity contribution in [3.05, 3.63) is 0 Å². The Hall–Kier alpha value is -0.0800. The summed E-state index contributed by atoms with van der Waals surface area (Å²) in [5.41, 5.74) is -0.662. The van der Waals surface area contributed by atoms with Crippen LogP contribution in [-0.2, 0) is 4.74 Å².